The van der Waals surface area contributed by atoms with Crippen LogP contribution in [0.25, 0.3) is 0 Å². The summed E-state index contributed by atoms with van der Waals surface area (Å²) in [5.41, 5.74) is 0.118. The molecule has 0 spiro atoms. The van der Waals surface area contributed by atoms with E-state index in [2.05, 4.69) is 5.32 Å². The zero-order valence-electron chi connectivity index (χ0n) is 17.1. The number of nitrogens with one attached hydrogen (secondary N) is 1. The smallest absolute Gasteiger partial charge is 0.238 e. The number of hydrogen-bond donors (Lipinski definition) is 1. The van der Waals surface area contributed by atoms with E-state index < -0.39 is 53.3 Å². The average molecular weight is 508 g/mol. The molecule has 2 atom stereocenters. The highest BCUT2D eigenvalue weighted by atomic mass is 35.5. The summed E-state index contributed by atoms with van der Waals surface area (Å²) in [6.07, 6.45) is -0.698. The third kappa shape index (κ3) is 3.74. The molecule has 3 aromatic carbocycles. The Morgan fingerprint density at radius 2 is 1.24 bits per heavy atom. The molecule has 0 unspecified atom stereocenters. The summed E-state index contributed by atoms with van der Waals surface area (Å²) in [4.78, 5) is 12.1. The Kier molecular flexibility index (Phi) is 6.07. The van der Waals surface area contributed by atoms with Crippen LogP contribution in [0.5, 0.6) is 0 Å². The van der Waals surface area contributed by atoms with Gasteiger partial charge in [-0.25, -0.2) is 21.2 Å². The molecule has 0 radical (unpaired) electrons. The summed E-state index contributed by atoms with van der Waals surface area (Å²) in [6.45, 7) is 0. The minimum absolute atomic E-state index is 0.118. The largest absolute Gasteiger partial charge is 0.345 e. The number of carbonyl (C=O) groups is 1. The third-order valence-electron chi connectivity index (χ3n) is 5.69. The van der Waals surface area contributed by atoms with Gasteiger partial charge in [-0.15, -0.1) is 11.6 Å². The highest BCUT2D eigenvalue weighted by Gasteiger charge is 2.65. The Bertz CT molecular complexity index is 1310. The quantitative estimate of drug-likeness (QED) is 0.532. The predicted octanol–water partition coefficient (Wildman–Crippen LogP) is 3.64. The van der Waals surface area contributed by atoms with Crippen molar-refractivity contribution in [3.8, 4) is 0 Å². The van der Waals surface area contributed by atoms with Crippen molar-refractivity contribution < 1.29 is 26.0 Å². The standard InChI is InChI=1S/C23H19ClFNO5S2/c24-20-15-23(32(28,29)18-7-3-1-4-8-18,33(30,31)19-9-5-2-6-10-19)21(26-22(20)27)16-11-13-17(25)14-12-16/h1-14,20-21H,15H2,(H,26,27)/t20-,21+/m1/s1. The van der Waals surface area contributed by atoms with Crippen molar-refractivity contribution >= 4 is 37.2 Å². The minimum atomic E-state index is -4.67. The number of amides is 1. The van der Waals surface area contributed by atoms with Crippen LogP contribution in [-0.4, -0.2) is 32.2 Å². The maximum Gasteiger partial charge on any atom is 0.238 e. The molecule has 1 aliphatic rings. The molecule has 1 heterocycles. The van der Waals surface area contributed by atoms with E-state index in [1.807, 2.05) is 0 Å². The van der Waals surface area contributed by atoms with Gasteiger partial charge in [-0.3, -0.25) is 4.79 Å². The molecule has 0 saturated carbocycles. The van der Waals surface area contributed by atoms with Gasteiger partial charge >= 0.3 is 0 Å². The number of alkyl halides is 1. The summed E-state index contributed by atoms with van der Waals surface area (Å²) in [5, 5.41) is 1.06. The number of piperidine rings is 1. The zero-order valence-corrected chi connectivity index (χ0v) is 19.4. The molecular weight excluding hydrogens is 489 g/mol. The van der Waals surface area contributed by atoms with Crippen molar-refractivity contribution in [3.63, 3.8) is 0 Å². The normalized spacial score (nSPS) is 20.7. The highest BCUT2D eigenvalue weighted by molar-refractivity contribution is 8.10. The lowest BCUT2D eigenvalue weighted by Gasteiger charge is -2.44. The molecule has 0 aliphatic carbocycles. The summed E-state index contributed by atoms with van der Waals surface area (Å²) in [5.74, 6) is -1.31. The number of halogens is 2. The van der Waals surface area contributed by atoms with Crippen molar-refractivity contribution in [2.45, 2.75) is 31.7 Å². The van der Waals surface area contributed by atoms with Gasteiger partial charge in [-0.05, 0) is 42.0 Å². The molecule has 1 fully saturated rings. The Morgan fingerprint density at radius 3 is 1.70 bits per heavy atom. The maximum absolute atomic E-state index is 14.2. The van der Waals surface area contributed by atoms with E-state index in [1.54, 1.807) is 12.1 Å². The van der Waals surface area contributed by atoms with Gasteiger partial charge < -0.3 is 5.32 Å². The molecule has 1 saturated heterocycles. The molecular formula is C23H19ClFNO5S2. The average Bonchev–Trinajstić information content (AvgIpc) is 2.82. The molecule has 4 rings (SSSR count). The third-order valence-corrected chi connectivity index (χ3v) is 11.8. The van der Waals surface area contributed by atoms with Gasteiger partial charge in [0, 0.05) is 6.42 Å². The number of sulfone groups is 2. The first-order valence-corrected chi connectivity index (χ1v) is 13.3. The van der Waals surface area contributed by atoms with Crippen LogP contribution in [0, 0.1) is 5.82 Å². The van der Waals surface area contributed by atoms with Crippen LogP contribution in [0.3, 0.4) is 0 Å². The molecule has 1 aliphatic heterocycles. The lowest BCUT2D eigenvalue weighted by atomic mass is 9.95. The molecule has 6 nitrogen and oxygen atoms in total. The number of benzene rings is 3. The fourth-order valence-corrected chi connectivity index (χ4v) is 9.90. The van der Waals surface area contributed by atoms with Crippen molar-refractivity contribution in [2.75, 3.05) is 0 Å². The van der Waals surface area contributed by atoms with Crippen molar-refractivity contribution in [3.05, 3.63) is 96.3 Å². The second kappa shape index (κ2) is 8.55. The molecule has 0 bridgehead atoms. The van der Waals surface area contributed by atoms with E-state index in [1.165, 1.54) is 60.7 Å². The van der Waals surface area contributed by atoms with E-state index >= 15 is 0 Å². The van der Waals surface area contributed by atoms with Gasteiger partial charge in [0.15, 0.2) is 0 Å². The summed E-state index contributed by atoms with van der Waals surface area (Å²) >= 11 is 6.22. The fraction of sp³-hybridized carbons (Fsp3) is 0.174. The highest BCUT2D eigenvalue weighted by Crippen LogP contribution is 2.50. The van der Waals surface area contributed by atoms with E-state index in [0.717, 1.165) is 12.1 Å². The van der Waals surface area contributed by atoms with Gasteiger partial charge in [-0.2, -0.15) is 0 Å². The van der Waals surface area contributed by atoms with Gasteiger partial charge in [0.25, 0.3) is 0 Å². The SMILES string of the molecule is O=C1N[C@@H](c2ccc(F)cc2)C(S(=O)(=O)c2ccccc2)(S(=O)(=O)c2ccccc2)C[C@H]1Cl. The van der Waals surface area contributed by atoms with Crippen LogP contribution in [0.4, 0.5) is 4.39 Å². The van der Waals surface area contributed by atoms with Gasteiger partial charge in [0.05, 0.1) is 15.8 Å². The number of rotatable bonds is 5. The summed E-state index contributed by atoms with van der Waals surface area (Å²) in [6, 6.07) is 17.4. The molecule has 172 valence electrons. The van der Waals surface area contributed by atoms with Crippen molar-refractivity contribution in [2.24, 2.45) is 0 Å². The summed E-state index contributed by atoms with van der Waals surface area (Å²) < 4.78 is 67.7. The molecule has 33 heavy (non-hydrogen) atoms. The molecule has 10 heteroatoms. The van der Waals surface area contributed by atoms with Crippen LogP contribution in [0.1, 0.15) is 18.0 Å². The van der Waals surface area contributed by atoms with E-state index in [9.17, 15) is 26.0 Å². The van der Waals surface area contributed by atoms with Gasteiger partial charge in [0.2, 0.25) is 29.7 Å². The van der Waals surface area contributed by atoms with Crippen LogP contribution >= 0.6 is 11.6 Å². The van der Waals surface area contributed by atoms with Crippen LogP contribution in [0.2, 0.25) is 0 Å². The lowest BCUT2D eigenvalue weighted by Crippen LogP contribution is -2.62. The van der Waals surface area contributed by atoms with E-state index in [4.69, 9.17) is 11.6 Å². The summed E-state index contributed by atoms with van der Waals surface area (Å²) in [7, 11) is -9.35. The van der Waals surface area contributed by atoms with Crippen molar-refractivity contribution in [1.29, 1.82) is 0 Å². The molecule has 0 aromatic heterocycles. The fourth-order valence-electron chi connectivity index (χ4n) is 4.07. The Hall–Kier alpha value is -2.75. The van der Waals surface area contributed by atoms with Gasteiger partial charge in [-0.1, -0.05) is 48.5 Å². The van der Waals surface area contributed by atoms with E-state index in [-0.39, 0.29) is 15.4 Å². The maximum atomic E-state index is 14.2. The van der Waals surface area contributed by atoms with Crippen LogP contribution in [-0.2, 0) is 24.5 Å². The first-order chi connectivity index (χ1) is 15.6. The number of hydrogen-bond acceptors (Lipinski definition) is 5. The monoisotopic (exact) mass is 507 g/mol. The first kappa shape index (κ1) is 23.4. The molecule has 3 aromatic rings. The second-order valence-electron chi connectivity index (χ2n) is 7.61. The van der Waals surface area contributed by atoms with Crippen LogP contribution < -0.4 is 5.32 Å². The second-order valence-corrected chi connectivity index (χ2v) is 12.8. The predicted molar refractivity (Wildman–Crippen MR) is 122 cm³/mol. The van der Waals surface area contributed by atoms with Crippen molar-refractivity contribution in [1.82, 2.24) is 5.32 Å². The zero-order chi connectivity index (χ0) is 23.9. The van der Waals surface area contributed by atoms with Crippen LogP contribution in [0.15, 0.2) is 94.7 Å². The topological polar surface area (TPSA) is 97.4 Å². The van der Waals surface area contributed by atoms with E-state index in [0.29, 0.717) is 0 Å². The molecule has 1 N–H and O–H groups in total. The molecule has 1 amide bonds. The minimum Gasteiger partial charge on any atom is -0.345 e. The lowest BCUT2D eigenvalue weighted by molar-refractivity contribution is -0.123. The van der Waals surface area contributed by atoms with Gasteiger partial charge in [0.1, 0.15) is 11.2 Å². The Morgan fingerprint density at radius 1 is 0.788 bits per heavy atom. The Labute approximate surface area is 196 Å². The first-order valence-electron chi connectivity index (χ1n) is 9.90. The Balaban J connectivity index is 2.10. The number of carbonyl (C=O) groups excluding carboxylic acids is 1.